The second-order valence-electron chi connectivity index (χ2n) is 6.65. The van der Waals surface area contributed by atoms with Crippen LogP contribution in [0.4, 0.5) is 5.69 Å². The van der Waals surface area contributed by atoms with E-state index in [4.69, 9.17) is 32.4 Å². The number of hydrogen-bond acceptors (Lipinski definition) is 5. The molecule has 0 fully saturated rings. The Bertz CT molecular complexity index is 1320. The van der Waals surface area contributed by atoms with Gasteiger partial charge in [-0.25, -0.2) is 0 Å². The number of fused-ring (bicyclic) bond motifs is 1. The molecule has 8 heteroatoms. The number of amides is 1. The smallest absolute Gasteiger partial charge is 0.262 e. The zero-order valence-corrected chi connectivity index (χ0v) is 17.4. The number of hydrogen-bond donors (Lipinski definition) is 2. The topological polar surface area (TPSA) is 88.8 Å². The van der Waals surface area contributed by atoms with Gasteiger partial charge >= 0.3 is 0 Å². The molecule has 0 saturated carbocycles. The molecule has 0 aliphatic heterocycles. The molecule has 1 heterocycles. The fraction of sp³-hybridized carbons (Fsp3) is 0.0435. The molecule has 0 bridgehead atoms. The van der Waals surface area contributed by atoms with Crippen LogP contribution < -0.4 is 15.5 Å². The standard InChI is InChI=1S/C23H15Cl2NO5/c24-14-6-15(25)8-16(7-14)26-22(29)12-30-17-9-18(27)23-19(28)11-20(31-21(23)10-17)13-4-2-1-3-5-13/h1-11,27H,12H2,(H,26,29). The lowest BCUT2D eigenvalue weighted by Crippen LogP contribution is -2.20. The molecule has 0 unspecified atom stereocenters. The second-order valence-corrected chi connectivity index (χ2v) is 7.52. The van der Waals surface area contributed by atoms with Crippen molar-refractivity contribution in [2.24, 2.45) is 0 Å². The number of phenols is 1. The molecular formula is C23H15Cl2NO5. The number of aromatic hydroxyl groups is 1. The van der Waals surface area contributed by atoms with Gasteiger partial charge in [-0.3, -0.25) is 9.59 Å². The van der Waals surface area contributed by atoms with Crippen molar-refractivity contribution >= 4 is 45.8 Å². The van der Waals surface area contributed by atoms with Crippen molar-refractivity contribution in [3.8, 4) is 22.8 Å². The molecule has 1 amide bonds. The number of rotatable bonds is 5. The number of carbonyl (C=O) groups excluding carboxylic acids is 1. The molecular weight excluding hydrogens is 441 g/mol. The van der Waals surface area contributed by atoms with E-state index in [1.165, 1.54) is 18.2 Å². The Morgan fingerprint density at radius 2 is 1.71 bits per heavy atom. The van der Waals surface area contributed by atoms with Crippen molar-refractivity contribution in [3.63, 3.8) is 0 Å². The maximum absolute atomic E-state index is 12.5. The number of nitrogens with one attached hydrogen (secondary N) is 1. The van der Waals surface area contributed by atoms with Gasteiger partial charge in [0.1, 0.15) is 28.2 Å². The van der Waals surface area contributed by atoms with Crippen LogP contribution in [0.25, 0.3) is 22.3 Å². The van der Waals surface area contributed by atoms with Crippen molar-refractivity contribution in [1.82, 2.24) is 0 Å². The highest BCUT2D eigenvalue weighted by Crippen LogP contribution is 2.31. The van der Waals surface area contributed by atoms with Crippen molar-refractivity contribution in [2.45, 2.75) is 0 Å². The van der Waals surface area contributed by atoms with Crippen LogP contribution in [-0.4, -0.2) is 17.6 Å². The molecule has 2 N–H and O–H groups in total. The first-order chi connectivity index (χ1) is 14.9. The van der Waals surface area contributed by atoms with Crippen LogP contribution in [0.2, 0.25) is 10.0 Å². The van der Waals surface area contributed by atoms with E-state index >= 15 is 0 Å². The van der Waals surface area contributed by atoms with Gasteiger partial charge < -0.3 is 19.6 Å². The molecule has 1 aromatic heterocycles. The minimum Gasteiger partial charge on any atom is -0.507 e. The summed E-state index contributed by atoms with van der Waals surface area (Å²) in [4.78, 5) is 24.7. The summed E-state index contributed by atoms with van der Waals surface area (Å²) >= 11 is 11.8. The summed E-state index contributed by atoms with van der Waals surface area (Å²) in [5.74, 6) is -0.247. The van der Waals surface area contributed by atoms with E-state index < -0.39 is 5.91 Å². The van der Waals surface area contributed by atoms with E-state index in [0.29, 0.717) is 27.1 Å². The molecule has 0 radical (unpaired) electrons. The highest BCUT2D eigenvalue weighted by Gasteiger charge is 2.14. The van der Waals surface area contributed by atoms with Crippen LogP contribution in [0.1, 0.15) is 0 Å². The molecule has 0 saturated heterocycles. The second kappa shape index (κ2) is 8.71. The van der Waals surface area contributed by atoms with Crippen LogP contribution in [0, 0.1) is 0 Å². The quantitative estimate of drug-likeness (QED) is 0.415. The van der Waals surface area contributed by atoms with E-state index in [9.17, 15) is 14.7 Å². The van der Waals surface area contributed by atoms with Gasteiger partial charge in [0.15, 0.2) is 12.0 Å². The maximum atomic E-state index is 12.5. The third-order valence-electron chi connectivity index (χ3n) is 4.36. The summed E-state index contributed by atoms with van der Waals surface area (Å²) in [6.07, 6.45) is 0. The largest absolute Gasteiger partial charge is 0.507 e. The molecule has 0 atom stereocenters. The van der Waals surface area contributed by atoms with Crippen LogP contribution in [0.5, 0.6) is 11.5 Å². The number of halogens is 2. The van der Waals surface area contributed by atoms with Gasteiger partial charge in [-0.1, -0.05) is 53.5 Å². The van der Waals surface area contributed by atoms with E-state index in [-0.39, 0.29) is 34.5 Å². The molecule has 0 spiro atoms. The molecule has 6 nitrogen and oxygen atoms in total. The predicted octanol–water partition coefficient (Wildman–Crippen LogP) is 5.49. The average molecular weight is 456 g/mol. The van der Waals surface area contributed by atoms with E-state index in [2.05, 4.69) is 5.32 Å². The van der Waals surface area contributed by atoms with Crippen LogP contribution in [-0.2, 0) is 4.79 Å². The minimum absolute atomic E-state index is 0.0325. The van der Waals surface area contributed by atoms with Gasteiger partial charge in [-0.15, -0.1) is 0 Å². The Morgan fingerprint density at radius 1 is 1.00 bits per heavy atom. The summed E-state index contributed by atoms with van der Waals surface area (Å²) in [5, 5.41) is 13.7. The van der Waals surface area contributed by atoms with E-state index in [1.54, 1.807) is 30.3 Å². The molecule has 31 heavy (non-hydrogen) atoms. The van der Waals surface area contributed by atoms with Crippen LogP contribution >= 0.6 is 23.2 Å². The van der Waals surface area contributed by atoms with Gasteiger partial charge in [0.2, 0.25) is 0 Å². The Labute approximate surface area is 186 Å². The summed E-state index contributed by atoms with van der Waals surface area (Å²) in [6, 6.07) is 17.8. The summed E-state index contributed by atoms with van der Waals surface area (Å²) in [7, 11) is 0. The SMILES string of the molecule is O=C(COc1cc(O)c2c(=O)cc(-c3ccccc3)oc2c1)Nc1cc(Cl)cc(Cl)c1. The number of carbonyl (C=O) groups is 1. The fourth-order valence-electron chi connectivity index (χ4n) is 3.04. The first kappa shape index (κ1) is 20.8. The van der Waals surface area contributed by atoms with Gasteiger partial charge in [0.05, 0.1) is 0 Å². The molecule has 0 aliphatic carbocycles. The number of anilines is 1. The fourth-order valence-corrected chi connectivity index (χ4v) is 3.57. The number of benzene rings is 3. The third kappa shape index (κ3) is 4.82. The van der Waals surface area contributed by atoms with Gasteiger partial charge in [-0.2, -0.15) is 0 Å². The van der Waals surface area contributed by atoms with Crippen LogP contribution in [0.15, 0.2) is 75.9 Å². The van der Waals surface area contributed by atoms with E-state index in [1.807, 2.05) is 18.2 Å². The van der Waals surface area contributed by atoms with Crippen molar-refractivity contribution in [3.05, 3.63) is 87.0 Å². The zero-order valence-electron chi connectivity index (χ0n) is 15.9. The first-order valence-corrected chi connectivity index (χ1v) is 9.90. The third-order valence-corrected chi connectivity index (χ3v) is 4.79. The molecule has 3 aromatic carbocycles. The van der Waals surface area contributed by atoms with Crippen molar-refractivity contribution in [2.75, 3.05) is 11.9 Å². The lowest BCUT2D eigenvalue weighted by atomic mass is 10.1. The summed E-state index contributed by atoms with van der Waals surface area (Å²) < 4.78 is 11.3. The normalized spacial score (nSPS) is 10.8. The first-order valence-electron chi connectivity index (χ1n) is 9.14. The van der Waals surface area contributed by atoms with Crippen molar-refractivity contribution < 1.29 is 19.1 Å². The van der Waals surface area contributed by atoms with Gasteiger partial charge in [0, 0.05) is 39.5 Å². The highest BCUT2D eigenvalue weighted by molar-refractivity contribution is 6.35. The lowest BCUT2D eigenvalue weighted by molar-refractivity contribution is -0.118. The average Bonchev–Trinajstić information content (AvgIpc) is 2.71. The monoisotopic (exact) mass is 455 g/mol. The minimum atomic E-state index is -0.461. The predicted molar refractivity (Wildman–Crippen MR) is 120 cm³/mol. The molecule has 4 aromatic rings. The number of phenolic OH excluding ortho intramolecular Hbond substituents is 1. The van der Waals surface area contributed by atoms with Crippen molar-refractivity contribution in [1.29, 1.82) is 0 Å². The van der Waals surface area contributed by atoms with E-state index in [0.717, 1.165) is 0 Å². The lowest BCUT2D eigenvalue weighted by Gasteiger charge is -2.10. The Hall–Kier alpha value is -3.48. The maximum Gasteiger partial charge on any atom is 0.262 e. The Kier molecular flexibility index (Phi) is 5.84. The molecule has 156 valence electrons. The van der Waals surface area contributed by atoms with Gasteiger partial charge in [0.25, 0.3) is 5.91 Å². The molecule has 0 aliphatic rings. The Balaban J connectivity index is 1.56. The summed E-state index contributed by atoms with van der Waals surface area (Å²) in [5.41, 5.74) is 0.890. The Morgan fingerprint density at radius 3 is 2.42 bits per heavy atom. The summed E-state index contributed by atoms with van der Waals surface area (Å²) in [6.45, 7) is -0.350. The highest BCUT2D eigenvalue weighted by atomic mass is 35.5. The zero-order chi connectivity index (χ0) is 22.0. The van der Waals surface area contributed by atoms with Crippen LogP contribution in [0.3, 0.4) is 0 Å². The van der Waals surface area contributed by atoms with Gasteiger partial charge in [-0.05, 0) is 18.2 Å². The number of ether oxygens (including phenoxy) is 1. The molecule has 4 rings (SSSR count).